The lowest BCUT2D eigenvalue weighted by atomic mass is 10.1. The monoisotopic (exact) mass is 355 g/mol. The molecule has 1 saturated heterocycles. The van der Waals surface area contributed by atoms with Crippen molar-refractivity contribution in [2.24, 2.45) is 5.92 Å². The minimum Gasteiger partial charge on any atom is -0.461 e. The van der Waals surface area contributed by atoms with Crippen molar-refractivity contribution < 1.29 is 13.9 Å². The smallest absolute Gasteiger partial charge is 0.223 e. The number of amides is 1. The maximum atomic E-state index is 12.5. The van der Waals surface area contributed by atoms with E-state index in [1.165, 1.54) is 0 Å². The predicted octanol–water partition coefficient (Wildman–Crippen LogP) is 4.54. The number of furan rings is 1. The molecule has 26 heavy (non-hydrogen) atoms. The molecule has 4 heteroatoms. The summed E-state index contributed by atoms with van der Waals surface area (Å²) < 4.78 is 11.8. The average molecular weight is 355 g/mol. The van der Waals surface area contributed by atoms with Gasteiger partial charge in [-0.1, -0.05) is 44.2 Å². The van der Waals surface area contributed by atoms with Crippen molar-refractivity contribution in [1.82, 2.24) is 4.90 Å². The van der Waals surface area contributed by atoms with Crippen molar-refractivity contribution in [3.05, 3.63) is 48.2 Å². The Morgan fingerprint density at radius 2 is 1.88 bits per heavy atom. The molecule has 2 heterocycles. The highest BCUT2D eigenvalue weighted by molar-refractivity contribution is 5.76. The summed E-state index contributed by atoms with van der Waals surface area (Å²) in [6.07, 6.45) is 3.34. The van der Waals surface area contributed by atoms with Gasteiger partial charge < -0.3 is 14.1 Å². The van der Waals surface area contributed by atoms with E-state index < -0.39 is 0 Å². The quantitative estimate of drug-likeness (QED) is 0.732. The molecule has 1 aromatic heterocycles. The minimum absolute atomic E-state index is 0.213. The van der Waals surface area contributed by atoms with Crippen molar-refractivity contribution in [3.63, 3.8) is 0 Å². The van der Waals surface area contributed by atoms with Crippen LogP contribution in [-0.4, -0.2) is 36.6 Å². The van der Waals surface area contributed by atoms with E-state index in [-0.39, 0.29) is 5.91 Å². The Morgan fingerprint density at radius 1 is 1.15 bits per heavy atom. The number of benzene rings is 1. The van der Waals surface area contributed by atoms with Gasteiger partial charge in [-0.3, -0.25) is 4.79 Å². The molecule has 1 amide bonds. The van der Waals surface area contributed by atoms with Gasteiger partial charge in [-0.2, -0.15) is 0 Å². The largest absolute Gasteiger partial charge is 0.461 e. The van der Waals surface area contributed by atoms with Crippen LogP contribution in [0.4, 0.5) is 0 Å². The third-order valence-corrected chi connectivity index (χ3v) is 4.77. The standard InChI is InChI=1S/C22H29NO3/c1-17(2)16-25-19-12-14-23(15-13-19)22(24)11-9-20-8-10-21(26-20)18-6-4-3-5-7-18/h3-8,10,17,19H,9,11-16H2,1-2H3. The lowest BCUT2D eigenvalue weighted by Gasteiger charge is -2.32. The molecule has 1 aromatic carbocycles. The molecule has 0 bridgehead atoms. The molecule has 140 valence electrons. The second-order valence-electron chi connectivity index (χ2n) is 7.44. The van der Waals surface area contributed by atoms with E-state index in [4.69, 9.17) is 9.15 Å². The summed E-state index contributed by atoms with van der Waals surface area (Å²) in [6, 6.07) is 14.0. The number of piperidine rings is 1. The highest BCUT2D eigenvalue weighted by Crippen LogP contribution is 2.23. The second kappa shape index (κ2) is 9.04. The van der Waals surface area contributed by atoms with Gasteiger partial charge in [0, 0.05) is 38.1 Å². The number of hydrogen-bond acceptors (Lipinski definition) is 3. The molecule has 1 aliphatic heterocycles. The van der Waals surface area contributed by atoms with Crippen LogP contribution in [0, 0.1) is 5.92 Å². The molecule has 0 unspecified atom stereocenters. The Morgan fingerprint density at radius 3 is 2.58 bits per heavy atom. The SMILES string of the molecule is CC(C)COC1CCN(C(=O)CCc2ccc(-c3ccccc3)o2)CC1. The summed E-state index contributed by atoms with van der Waals surface area (Å²) in [5.74, 6) is 2.50. The van der Waals surface area contributed by atoms with Gasteiger partial charge >= 0.3 is 0 Å². The zero-order chi connectivity index (χ0) is 18.4. The van der Waals surface area contributed by atoms with Crippen LogP contribution < -0.4 is 0 Å². The fourth-order valence-corrected chi connectivity index (χ4v) is 3.26. The van der Waals surface area contributed by atoms with Crippen LogP contribution in [0.25, 0.3) is 11.3 Å². The Balaban J connectivity index is 1.43. The normalized spacial score (nSPS) is 15.6. The van der Waals surface area contributed by atoms with E-state index in [9.17, 15) is 4.79 Å². The molecule has 2 aromatic rings. The summed E-state index contributed by atoms with van der Waals surface area (Å²) in [5, 5.41) is 0. The van der Waals surface area contributed by atoms with Crippen LogP contribution in [-0.2, 0) is 16.0 Å². The van der Waals surface area contributed by atoms with Crippen molar-refractivity contribution in [2.45, 2.75) is 45.6 Å². The topological polar surface area (TPSA) is 42.7 Å². The molecule has 0 spiro atoms. The van der Waals surface area contributed by atoms with E-state index in [1.54, 1.807) is 0 Å². The second-order valence-corrected chi connectivity index (χ2v) is 7.44. The highest BCUT2D eigenvalue weighted by Gasteiger charge is 2.23. The zero-order valence-electron chi connectivity index (χ0n) is 15.8. The third-order valence-electron chi connectivity index (χ3n) is 4.77. The minimum atomic E-state index is 0.213. The first-order chi connectivity index (χ1) is 12.6. The molecule has 0 aliphatic carbocycles. The van der Waals surface area contributed by atoms with Gasteiger partial charge in [-0.15, -0.1) is 0 Å². The third kappa shape index (κ3) is 5.21. The van der Waals surface area contributed by atoms with Crippen molar-refractivity contribution >= 4 is 5.91 Å². The van der Waals surface area contributed by atoms with Gasteiger partial charge in [0.1, 0.15) is 11.5 Å². The van der Waals surface area contributed by atoms with E-state index in [0.29, 0.717) is 24.9 Å². The molecule has 0 atom stereocenters. The van der Waals surface area contributed by atoms with Crippen LogP contribution in [0.1, 0.15) is 38.9 Å². The molecule has 4 nitrogen and oxygen atoms in total. The van der Waals surface area contributed by atoms with E-state index >= 15 is 0 Å². The first-order valence-corrected chi connectivity index (χ1v) is 9.65. The number of carbonyl (C=O) groups excluding carboxylic acids is 1. The first-order valence-electron chi connectivity index (χ1n) is 9.65. The maximum Gasteiger partial charge on any atom is 0.223 e. The molecule has 3 rings (SSSR count). The highest BCUT2D eigenvalue weighted by atomic mass is 16.5. The van der Waals surface area contributed by atoms with Crippen LogP contribution in [0.3, 0.4) is 0 Å². The van der Waals surface area contributed by atoms with Crippen molar-refractivity contribution in [1.29, 1.82) is 0 Å². The molecule has 1 aliphatic rings. The Kier molecular flexibility index (Phi) is 6.51. The van der Waals surface area contributed by atoms with E-state index in [2.05, 4.69) is 13.8 Å². The summed E-state index contributed by atoms with van der Waals surface area (Å²) in [6.45, 7) is 6.73. The molecule has 0 N–H and O–H groups in total. The van der Waals surface area contributed by atoms with Crippen LogP contribution >= 0.6 is 0 Å². The Bertz CT molecular complexity index is 684. The van der Waals surface area contributed by atoms with Gasteiger partial charge in [0.2, 0.25) is 5.91 Å². The first kappa shape index (κ1) is 18.7. The lowest BCUT2D eigenvalue weighted by molar-refractivity contribution is -0.134. The fourth-order valence-electron chi connectivity index (χ4n) is 3.26. The number of likely N-dealkylation sites (tertiary alicyclic amines) is 1. The van der Waals surface area contributed by atoms with Gasteiger partial charge in [0.15, 0.2) is 0 Å². The molecule has 0 saturated carbocycles. The lowest BCUT2D eigenvalue weighted by Crippen LogP contribution is -2.41. The summed E-state index contributed by atoms with van der Waals surface area (Å²) >= 11 is 0. The number of carbonyl (C=O) groups is 1. The zero-order valence-corrected chi connectivity index (χ0v) is 15.8. The molecule has 1 fully saturated rings. The fraction of sp³-hybridized carbons (Fsp3) is 0.500. The van der Waals surface area contributed by atoms with Gasteiger partial charge in [0.05, 0.1) is 6.10 Å². The van der Waals surface area contributed by atoms with Crippen LogP contribution in [0.15, 0.2) is 46.9 Å². The molecular formula is C22H29NO3. The summed E-state index contributed by atoms with van der Waals surface area (Å²) in [4.78, 5) is 14.4. The molecular weight excluding hydrogens is 326 g/mol. The summed E-state index contributed by atoms with van der Waals surface area (Å²) in [5.41, 5.74) is 1.06. The van der Waals surface area contributed by atoms with Gasteiger partial charge in [0.25, 0.3) is 0 Å². The van der Waals surface area contributed by atoms with Gasteiger partial charge in [-0.05, 0) is 30.9 Å². The Hall–Kier alpha value is -2.07. The maximum absolute atomic E-state index is 12.5. The number of hydrogen-bond donors (Lipinski definition) is 0. The number of ether oxygens (including phenoxy) is 1. The van der Waals surface area contributed by atoms with E-state index in [0.717, 1.165) is 49.6 Å². The number of nitrogens with zero attached hydrogens (tertiary/aromatic N) is 1. The van der Waals surface area contributed by atoms with E-state index in [1.807, 2.05) is 47.4 Å². The van der Waals surface area contributed by atoms with Crippen molar-refractivity contribution in [2.75, 3.05) is 19.7 Å². The van der Waals surface area contributed by atoms with Crippen molar-refractivity contribution in [3.8, 4) is 11.3 Å². The molecule has 0 radical (unpaired) electrons. The Labute approximate surface area is 156 Å². The van der Waals surface area contributed by atoms with Gasteiger partial charge in [-0.25, -0.2) is 0 Å². The van der Waals surface area contributed by atoms with Crippen LogP contribution in [0.2, 0.25) is 0 Å². The average Bonchev–Trinajstić information content (AvgIpc) is 3.14. The van der Waals surface area contributed by atoms with Crippen LogP contribution in [0.5, 0.6) is 0 Å². The summed E-state index contributed by atoms with van der Waals surface area (Å²) in [7, 11) is 0. The predicted molar refractivity (Wildman–Crippen MR) is 103 cm³/mol. The number of rotatable bonds is 7. The number of aryl methyl sites for hydroxylation is 1.